The lowest BCUT2D eigenvalue weighted by Gasteiger charge is -2.07. The monoisotopic (exact) mass is 314 g/mol. The second-order valence-electron chi connectivity index (χ2n) is 5.29. The van der Waals surface area contributed by atoms with Crippen molar-refractivity contribution in [3.05, 3.63) is 47.6 Å². The molecular weight excluding hydrogens is 296 g/mol. The van der Waals surface area contributed by atoms with Crippen molar-refractivity contribution in [1.29, 1.82) is 0 Å². The Morgan fingerprint density at radius 3 is 2.91 bits per heavy atom. The number of aromatic nitrogens is 2. The summed E-state index contributed by atoms with van der Waals surface area (Å²) in [6, 6.07) is 9.89. The van der Waals surface area contributed by atoms with Crippen LogP contribution in [0.5, 0.6) is 0 Å². The van der Waals surface area contributed by atoms with Gasteiger partial charge >= 0.3 is 0 Å². The molecule has 7 heteroatoms. The summed E-state index contributed by atoms with van der Waals surface area (Å²) in [5.41, 5.74) is 2.00. The van der Waals surface area contributed by atoms with Crippen LogP contribution >= 0.6 is 0 Å². The molecule has 7 nitrogen and oxygen atoms in total. The molecule has 23 heavy (non-hydrogen) atoms. The van der Waals surface area contributed by atoms with E-state index in [2.05, 4.69) is 20.6 Å². The van der Waals surface area contributed by atoms with Gasteiger partial charge in [0, 0.05) is 12.8 Å². The Balaban J connectivity index is 1.49. The van der Waals surface area contributed by atoms with Gasteiger partial charge in [0.25, 0.3) is 5.91 Å². The summed E-state index contributed by atoms with van der Waals surface area (Å²) >= 11 is 0. The highest BCUT2D eigenvalue weighted by molar-refractivity contribution is 5.92. The van der Waals surface area contributed by atoms with Crippen molar-refractivity contribution in [2.75, 3.05) is 0 Å². The van der Waals surface area contributed by atoms with Crippen molar-refractivity contribution in [1.82, 2.24) is 15.5 Å². The van der Waals surface area contributed by atoms with E-state index >= 15 is 0 Å². The fourth-order valence-electron chi connectivity index (χ4n) is 2.26. The first-order valence-electron chi connectivity index (χ1n) is 7.59. The average molecular weight is 314 g/mol. The lowest BCUT2D eigenvalue weighted by atomic mass is 10.1. The van der Waals surface area contributed by atoms with E-state index in [1.165, 1.54) is 0 Å². The van der Waals surface area contributed by atoms with Gasteiger partial charge in [0.2, 0.25) is 12.0 Å². The van der Waals surface area contributed by atoms with E-state index in [-0.39, 0.29) is 12.5 Å². The summed E-state index contributed by atoms with van der Waals surface area (Å²) in [7, 11) is 0. The van der Waals surface area contributed by atoms with E-state index in [0.717, 1.165) is 17.7 Å². The molecule has 0 spiro atoms. The van der Waals surface area contributed by atoms with Crippen LogP contribution in [0.2, 0.25) is 0 Å². The first-order chi connectivity index (χ1) is 11.2. The highest BCUT2D eigenvalue weighted by Crippen LogP contribution is 2.13. The molecule has 0 fully saturated rings. The van der Waals surface area contributed by atoms with E-state index in [1.807, 2.05) is 37.3 Å². The maximum atomic E-state index is 12.0. The van der Waals surface area contributed by atoms with Gasteiger partial charge < -0.3 is 14.7 Å². The Bertz CT molecular complexity index is 696. The van der Waals surface area contributed by atoms with Crippen LogP contribution < -0.4 is 5.32 Å². The highest BCUT2D eigenvalue weighted by atomic mass is 16.6. The van der Waals surface area contributed by atoms with Crippen molar-refractivity contribution in [2.24, 2.45) is 5.16 Å². The molecule has 2 heterocycles. The third kappa shape index (κ3) is 3.94. The van der Waals surface area contributed by atoms with E-state index in [4.69, 9.17) is 9.36 Å². The second kappa shape index (κ2) is 7.04. The van der Waals surface area contributed by atoms with Crippen LogP contribution in [0.1, 0.15) is 37.0 Å². The van der Waals surface area contributed by atoms with Crippen molar-refractivity contribution in [3.63, 3.8) is 0 Å². The highest BCUT2D eigenvalue weighted by Gasteiger charge is 2.27. The molecule has 0 bridgehead atoms. The number of amides is 1. The van der Waals surface area contributed by atoms with Crippen LogP contribution in [0.3, 0.4) is 0 Å². The summed E-state index contributed by atoms with van der Waals surface area (Å²) in [5.74, 6) is 0.744. The van der Waals surface area contributed by atoms with E-state index in [1.54, 1.807) is 0 Å². The van der Waals surface area contributed by atoms with Gasteiger partial charge in [0.15, 0.2) is 5.82 Å². The van der Waals surface area contributed by atoms with Gasteiger partial charge in [-0.2, -0.15) is 4.98 Å². The molecule has 0 aliphatic carbocycles. The van der Waals surface area contributed by atoms with Gasteiger partial charge in [-0.25, -0.2) is 0 Å². The average Bonchev–Trinajstić information content (AvgIpc) is 3.23. The summed E-state index contributed by atoms with van der Waals surface area (Å²) in [6.07, 6.45) is 1.36. The standard InChI is InChI=1S/C16H18N4O3/c1-2-12-9-13(22-19-12)16(21)17-10-15-18-14(20-23-15)8-11-6-4-3-5-7-11/h3-7,13H,2,8-10H2,1H3,(H,17,21). The third-order valence-electron chi connectivity index (χ3n) is 3.56. The van der Waals surface area contributed by atoms with Crippen LogP contribution in [0.4, 0.5) is 0 Å². The number of nitrogens with one attached hydrogen (secondary N) is 1. The summed E-state index contributed by atoms with van der Waals surface area (Å²) in [4.78, 5) is 21.4. The Kier molecular flexibility index (Phi) is 4.65. The summed E-state index contributed by atoms with van der Waals surface area (Å²) in [6.45, 7) is 2.16. The molecule has 0 saturated heterocycles. The van der Waals surface area contributed by atoms with E-state index in [0.29, 0.717) is 24.6 Å². The zero-order valence-electron chi connectivity index (χ0n) is 12.9. The topological polar surface area (TPSA) is 89.6 Å². The summed E-state index contributed by atoms with van der Waals surface area (Å²) < 4.78 is 5.15. The number of nitrogens with zero attached hydrogens (tertiary/aromatic N) is 3. The third-order valence-corrected chi connectivity index (χ3v) is 3.56. The van der Waals surface area contributed by atoms with Crippen LogP contribution in [0.25, 0.3) is 0 Å². The van der Waals surface area contributed by atoms with Crippen LogP contribution in [-0.4, -0.2) is 27.9 Å². The van der Waals surface area contributed by atoms with Crippen LogP contribution in [0, 0.1) is 0 Å². The minimum Gasteiger partial charge on any atom is -0.382 e. The lowest BCUT2D eigenvalue weighted by molar-refractivity contribution is -0.131. The molecule has 1 N–H and O–H groups in total. The smallest absolute Gasteiger partial charge is 0.264 e. The number of carbonyl (C=O) groups excluding carboxylic acids is 1. The molecule has 1 atom stereocenters. The minimum absolute atomic E-state index is 0.182. The van der Waals surface area contributed by atoms with E-state index in [9.17, 15) is 4.79 Å². The molecule has 0 radical (unpaired) electrons. The van der Waals surface area contributed by atoms with Gasteiger partial charge in [-0.15, -0.1) is 0 Å². The van der Waals surface area contributed by atoms with Gasteiger partial charge in [-0.05, 0) is 12.0 Å². The molecule has 1 aromatic heterocycles. The SMILES string of the molecule is CCC1=NOC(C(=O)NCc2nc(Cc3ccccc3)no2)C1. The zero-order valence-corrected chi connectivity index (χ0v) is 12.9. The maximum Gasteiger partial charge on any atom is 0.264 e. The van der Waals surface area contributed by atoms with Crippen molar-refractivity contribution >= 4 is 11.6 Å². The second-order valence-corrected chi connectivity index (χ2v) is 5.29. The number of carbonyl (C=O) groups is 1. The fraction of sp³-hybridized carbons (Fsp3) is 0.375. The Hall–Kier alpha value is -2.70. The number of hydrogen-bond acceptors (Lipinski definition) is 6. The predicted molar refractivity (Wildman–Crippen MR) is 82.6 cm³/mol. The number of hydrogen-bond donors (Lipinski definition) is 1. The quantitative estimate of drug-likeness (QED) is 0.878. The molecule has 120 valence electrons. The molecule has 1 unspecified atom stereocenters. The molecular formula is C16H18N4O3. The van der Waals surface area contributed by atoms with Gasteiger partial charge in [0.1, 0.15) is 0 Å². The van der Waals surface area contributed by atoms with Crippen molar-refractivity contribution < 1.29 is 14.2 Å². The first kappa shape index (κ1) is 15.2. The Morgan fingerprint density at radius 1 is 1.35 bits per heavy atom. The molecule has 1 aliphatic rings. The van der Waals surface area contributed by atoms with E-state index < -0.39 is 6.10 Å². The molecule has 2 aromatic rings. The number of oxime groups is 1. The molecule has 0 saturated carbocycles. The molecule has 1 aliphatic heterocycles. The summed E-state index contributed by atoms with van der Waals surface area (Å²) in [5, 5.41) is 10.5. The number of rotatable bonds is 6. The fourth-order valence-corrected chi connectivity index (χ4v) is 2.26. The van der Waals surface area contributed by atoms with Crippen LogP contribution in [0.15, 0.2) is 40.0 Å². The predicted octanol–water partition coefficient (Wildman–Crippen LogP) is 1.83. The first-order valence-corrected chi connectivity index (χ1v) is 7.59. The zero-order chi connectivity index (χ0) is 16.1. The number of benzene rings is 1. The minimum atomic E-state index is -0.559. The van der Waals surface area contributed by atoms with Crippen molar-refractivity contribution in [2.45, 2.75) is 38.8 Å². The van der Waals surface area contributed by atoms with Gasteiger partial charge in [-0.1, -0.05) is 47.6 Å². The van der Waals surface area contributed by atoms with Gasteiger partial charge in [-0.3, -0.25) is 4.79 Å². The van der Waals surface area contributed by atoms with Crippen molar-refractivity contribution in [3.8, 4) is 0 Å². The Morgan fingerprint density at radius 2 is 2.17 bits per heavy atom. The largest absolute Gasteiger partial charge is 0.382 e. The maximum absolute atomic E-state index is 12.0. The van der Waals surface area contributed by atoms with Crippen LogP contribution in [-0.2, 0) is 22.6 Å². The molecule has 3 rings (SSSR count). The lowest BCUT2D eigenvalue weighted by Crippen LogP contribution is -2.34. The normalized spacial score (nSPS) is 16.7. The van der Waals surface area contributed by atoms with Gasteiger partial charge in [0.05, 0.1) is 12.3 Å². The molecule has 1 amide bonds. The molecule has 1 aromatic carbocycles. The Labute approximate surface area is 133 Å².